The fourth-order valence-electron chi connectivity index (χ4n) is 2.28. The second kappa shape index (κ2) is 3.61. The summed E-state index contributed by atoms with van der Waals surface area (Å²) >= 11 is 0. The minimum absolute atomic E-state index is 0.0707. The number of phenols is 1. The molecular weight excluding hydrogens is 214 g/mol. The number of alkyl halides is 2. The molecule has 4 heteroatoms. The smallest absolute Gasteiger partial charge is 0.288 e. The SMILES string of the molecule is CC(C)C1c2cccc(O)c2OCC1(F)F. The van der Waals surface area contributed by atoms with Crippen LogP contribution in [0.3, 0.4) is 0 Å². The summed E-state index contributed by atoms with van der Waals surface area (Å²) in [6.07, 6.45) is 0. The van der Waals surface area contributed by atoms with Gasteiger partial charge in [-0.25, -0.2) is 8.78 Å². The first-order chi connectivity index (χ1) is 7.43. The predicted octanol–water partition coefficient (Wildman–Crippen LogP) is 3.16. The van der Waals surface area contributed by atoms with Crippen molar-refractivity contribution in [1.82, 2.24) is 0 Å². The molecule has 1 aromatic rings. The maximum Gasteiger partial charge on any atom is 0.288 e. The lowest BCUT2D eigenvalue weighted by atomic mass is 9.81. The Morgan fingerprint density at radius 1 is 1.44 bits per heavy atom. The van der Waals surface area contributed by atoms with E-state index in [1.165, 1.54) is 6.07 Å². The van der Waals surface area contributed by atoms with Crippen LogP contribution in [0.5, 0.6) is 11.5 Å². The molecule has 0 saturated heterocycles. The molecule has 0 spiro atoms. The van der Waals surface area contributed by atoms with E-state index in [4.69, 9.17) is 4.74 Å². The molecule has 0 saturated carbocycles. The van der Waals surface area contributed by atoms with E-state index in [-0.39, 0.29) is 17.4 Å². The number of aromatic hydroxyl groups is 1. The third-order valence-electron chi connectivity index (χ3n) is 2.89. The molecule has 1 aromatic carbocycles. The summed E-state index contributed by atoms with van der Waals surface area (Å²) in [6.45, 7) is 2.83. The molecule has 1 unspecified atom stereocenters. The van der Waals surface area contributed by atoms with Crippen molar-refractivity contribution in [3.8, 4) is 11.5 Å². The summed E-state index contributed by atoms with van der Waals surface area (Å²) in [5, 5.41) is 9.56. The lowest BCUT2D eigenvalue weighted by Gasteiger charge is -2.35. The van der Waals surface area contributed by atoms with Crippen molar-refractivity contribution >= 4 is 0 Å². The largest absolute Gasteiger partial charge is 0.504 e. The molecule has 0 aromatic heterocycles. The molecule has 1 aliphatic heterocycles. The quantitative estimate of drug-likeness (QED) is 0.800. The highest BCUT2D eigenvalue weighted by Gasteiger charge is 2.48. The number of fused-ring (bicyclic) bond motifs is 1. The second-order valence-corrected chi connectivity index (χ2v) is 4.47. The van der Waals surface area contributed by atoms with E-state index in [0.29, 0.717) is 5.56 Å². The van der Waals surface area contributed by atoms with E-state index in [0.717, 1.165) is 0 Å². The van der Waals surface area contributed by atoms with Crippen LogP contribution < -0.4 is 4.74 Å². The third-order valence-corrected chi connectivity index (χ3v) is 2.89. The van der Waals surface area contributed by atoms with Gasteiger partial charge in [-0.05, 0) is 12.0 Å². The molecule has 16 heavy (non-hydrogen) atoms. The maximum absolute atomic E-state index is 13.7. The monoisotopic (exact) mass is 228 g/mol. The summed E-state index contributed by atoms with van der Waals surface area (Å²) in [6, 6.07) is 4.60. The highest BCUT2D eigenvalue weighted by Crippen LogP contribution is 2.49. The molecule has 2 rings (SSSR count). The van der Waals surface area contributed by atoms with E-state index < -0.39 is 18.4 Å². The van der Waals surface area contributed by atoms with Crippen LogP contribution in [-0.4, -0.2) is 17.6 Å². The molecular formula is C12H14F2O2. The van der Waals surface area contributed by atoms with Crippen molar-refractivity contribution in [3.63, 3.8) is 0 Å². The van der Waals surface area contributed by atoms with Gasteiger partial charge in [0.05, 0.1) is 5.92 Å². The van der Waals surface area contributed by atoms with Crippen LogP contribution >= 0.6 is 0 Å². The number of halogens is 2. The number of benzene rings is 1. The van der Waals surface area contributed by atoms with Crippen LogP contribution in [-0.2, 0) is 0 Å². The molecule has 0 bridgehead atoms. The van der Waals surface area contributed by atoms with Crippen molar-refractivity contribution in [2.75, 3.05) is 6.61 Å². The number of hydrogen-bond donors (Lipinski definition) is 1. The summed E-state index contributed by atoms with van der Waals surface area (Å²) in [7, 11) is 0. The van der Waals surface area contributed by atoms with Gasteiger partial charge in [0.15, 0.2) is 18.1 Å². The van der Waals surface area contributed by atoms with E-state index >= 15 is 0 Å². The Morgan fingerprint density at radius 2 is 2.12 bits per heavy atom. The average Bonchev–Trinajstić information content (AvgIpc) is 2.15. The lowest BCUT2D eigenvalue weighted by Crippen LogP contribution is -2.39. The fraction of sp³-hybridized carbons (Fsp3) is 0.500. The summed E-state index contributed by atoms with van der Waals surface area (Å²) < 4.78 is 32.4. The van der Waals surface area contributed by atoms with E-state index in [2.05, 4.69) is 0 Å². The number of rotatable bonds is 1. The Morgan fingerprint density at radius 3 is 2.75 bits per heavy atom. The first-order valence-electron chi connectivity index (χ1n) is 5.26. The van der Waals surface area contributed by atoms with Gasteiger partial charge in [-0.15, -0.1) is 0 Å². The highest BCUT2D eigenvalue weighted by molar-refractivity contribution is 5.49. The lowest BCUT2D eigenvalue weighted by molar-refractivity contribution is -0.0887. The molecule has 1 heterocycles. The normalized spacial score (nSPS) is 22.7. The van der Waals surface area contributed by atoms with Crippen molar-refractivity contribution in [1.29, 1.82) is 0 Å². The number of ether oxygens (including phenoxy) is 1. The Hall–Kier alpha value is -1.32. The molecule has 0 radical (unpaired) electrons. The van der Waals surface area contributed by atoms with Gasteiger partial charge in [0.25, 0.3) is 5.92 Å². The number of phenolic OH excluding ortho intramolecular Hbond substituents is 1. The Labute approximate surface area is 92.9 Å². The van der Waals surface area contributed by atoms with Gasteiger partial charge in [-0.3, -0.25) is 0 Å². The van der Waals surface area contributed by atoms with Crippen molar-refractivity contribution < 1.29 is 18.6 Å². The third kappa shape index (κ3) is 1.62. The van der Waals surface area contributed by atoms with Gasteiger partial charge < -0.3 is 9.84 Å². The minimum Gasteiger partial charge on any atom is -0.504 e. The van der Waals surface area contributed by atoms with Gasteiger partial charge in [-0.1, -0.05) is 26.0 Å². The van der Waals surface area contributed by atoms with Gasteiger partial charge in [0, 0.05) is 5.56 Å². The van der Waals surface area contributed by atoms with E-state index in [1.807, 2.05) is 0 Å². The molecule has 1 aliphatic rings. The molecule has 0 amide bonds. The van der Waals surface area contributed by atoms with Crippen molar-refractivity contribution in [2.24, 2.45) is 5.92 Å². The Kier molecular flexibility index (Phi) is 2.52. The standard InChI is InChI=1S/C12H14F2O2/c1-7(2)10-8-4-3-5-9(15)11(8)16-6-12(10,13)14/h3-5,7,10,15H,6H2,1-2H3. The molecule has 1 atom stereocenters. The molecule has 0 aliphatic carbocycles. The number of hydrogen-bond acceptors (Lipinski definition) is 2. The van der Waals surface area contributed by atoms with Crippen molar-refractivity contribution in [2.45, 2.75) is 25.7 Å². The van der Waals surface area contributed by atoms with Gasteiger partial charge >= 0.3 is 0 Å². The average molecular weight is 228 g/mol. The molecule has 2 nitrogen and oxygen atoms in total. The Balaban J connectivity index is 2.54. The zero-order chi connectivity index (χ0) is 11.9. The van der Waals surface area contributed by atoms with Crippen molar-refractivity contribution in [3.05, 3.63) is 23.8 Å². The van der Waals surface area contributed by atoms with Crippen LogP contribution in [0.4, 0.5) is 8.78 Å². The van der Waals surface area contributed by atoms with E-state index in [1.54, 1.807) is 26.0 Å². The topological polar surface area (TPSA) is 29.5 Å². The molecule has 1 N–H and O–H groups in total. The van der Waals surface area contributed by atoms with E-state index in [9.17, 15) is 13.9 Å². The van der Waals surface area contributed by atoms with Crippen LogP contribution in [0.25, 0.3) is 0 Å². The van der Waals surface area contributed by atoms with Crippen LogP contribution in [0, 0.1) is 5.92 Å². The first kappa shape index (κ1) is 11.2. The Bertz CT molecular complexity index is 402. The molecule has 88 valence electrons. The van der Waals surface area contributed by atoms with Crippen LogP contribution in [0.1, 0.15) is 25.3 Å². The first-order valence-corrected chi connectivity index (χ1v) is 5.26. The minimum atomic E-state index is -2.88. The summed E-state index contributed by atoms with van der Waals surface area (Å²) in [4.78, 5) is 0. The molecule has 0 fully saturated rings. The second-order valence-electron chi connectivity index (χ2n) is 4.47. The predicted molar refractivity (Wildman–Crippen MR) is 56.1 cm³/mol. The van der Waals surface area contributed by atoms with Crippen LogP contribution in [0.15, 0.2) is 18.2 Å². The zero-order valence-electron chi connectivity index (χ0n) is 9.21. The maximum atomic E-state index is 13.7. The van der Waals surface area contributed by atoms with Gasteiger partial charge in [-0.2, -0.15) is 0 Å². The number of para-hydroxylation sites is 1. The highest BCUT2D eigenvalue weighted by atomic mass is 19.3. The fourth-order valence-corrected chi connectivity index (χ4v) is 2.28. The van der Waals surface area contributed by atoms with Gasteiger partial charge in [0.2, 0.25) is 0 Å². The summed E-state index contributed by atoms with van der Waals surface area (Å²) in [5.41, 5.74) is 0.395. The van der Waals surface area contributed by atoms with Crippen LogP contribution in [0.2, 0.25) is 0 Å². The zero-order valence-corrected chi connectivity index (χ0v) is 9.21. The summed E-state index contributed by atoms with van der Waals surface area (Å²) in [5.74, 6) is -3.86. The van der Waals surface area contributed by atoms with Gasteiger partial charge in [0.1, 0.15) is 0 Å².